The van der Waals surface area contributed by atoms with Crippen molar-refractivity contribution in [3.8, 4) is 0 Å². The normalized spacial score (nSPS) is 14.1. The summed E-state index contributed by atoms with van der Waals surface area (Å²) in [6, 6.07) is 0. The van der Waals surface area contributed by atoms with E-state index >= 15 is 0 Å². The summed E-state index contributed by atoms with van der Waals surface area (Å²) >= 11 is 3.04. The lowest BCUT2D eigenvalue weighted by Crippen LogP contribution is -2.38. The molecule has 1 aliphatic rings. The molecular formula is C21H31N3O2S2. The van der Waals surface area contributed by atoms with Crippen LogP contribution >= 0.6 is 23.1 Å². The van der Waals surface area contributed by atoms with Crippen LogP contribution in [0.25, 0.3) is 10.2 Å². The number of carbonyl (C=O) groups excluding carboxylic acids is 1. The largest absolute Gasteiger partial charge is 0.341 e. The van der Waals surface area contributed by atoms with Crippen LogP contribution in [0.15, 0.2) is 9.95 Å². The van der Waals surface area contributed by atoms with E-state index < -0.39 is 0 Å². The van der Waals surface area contributed by atoms with Crippen LogP contribution in [-0.4, -0.2) is 39.2 Å². The van der Waals surface area contributed by atoms with Crippen molar-refractivity contribution < 1.29 is 4.79 Å². The molecule has 2 aromatic heterocycles. The summed E-state index contributed by atoms with van der Waals surface area (Å²) in [7, 11) is 1.77. The molecule has 1 aliphatic carbocycles. The minimum atomic E-state index is 0.0283. The monoisotopic (exact) mass is 421 g/mol. The number of fused-ring (bicyclic) bond motifs is 3. The van der Waals surface area contributed by atoms with Gasteiger partial charge in [-0.1, -0.05) is 39.5 Å². The van der Waals surface area contributed by atoms with E-state index in [9.17, 15) is 9.59 Å². The van der Waals surface area contributed by atoms with Gasteiger partial charge >= 0.3 is 0 Å². The van der Waals surface area contributed by atoms with E-state index in [1.165, 1.54) is 28.6 Å². The number of carbonyl (C=O) groups is 1. The van der Waals surface area contributed by atoms with E-state index in [4.69, 9.17) is 4.98 Å². The summed E-state index contributed by atoms with van der Waals surface area (Å²) in [5, 5.41) is 1.44. The fourth-order valence-corrected chi connectivity index (χ4v) is 5.95. The molecule has 0 aromatic carbocycles. The topological polar surface area (TPSA) is 55.2 Å². The van der Waals surface area contributed by atoms with E-state index in [1.54, 1.807) is 23.0 Å². The SMILES string of the molecule is CC(C)CN(CC(C)C)C(=O)CSc1nc2sc3c(c2c(=O)n1C)CCCC3. The van der Waals surface area contributed by atoms with E-state index in [2.05, 4.69) is 27.7 Å². The van der Waals surface area contributed by atoms with Crippen molar-refractivity contribution in [2.75, 3.05) is 18.8 Å². The third-order valence-electron chi connectivity index (χ3n) is 5.00. The van der Waals surface area contributed by atoms with Gasteiger partial charge in [0.2, 0.25) is 5.91 Å². The molecule has 0 aliphatic heterocycles. The van der Waals surface area contributed by atoms with Crippen molar-refractivity contribution in [2.45, 2.75) is 58.5 Å². The number of rotatable bonds is 7. The Hall–Kier alpha value is -1.34. The summed E-state index contributed by atoms with van der Waals surface area (Å²) in [6.07, 6.45) is 4.38. The second kappa shape index (κ2) is 8.99. The molecule has 0 N–H and O–H groups in total. The van der Waals surface area contributed by atoms with E-state index in [1.807, 2.05) is 4.90 Å². The van der Waals surface area contributed by atoms with Crippen molar-refractivity contribution in [3.63, 3.8) is 0 Å². The van der Waals surface area contributed by atoms with Gasteiger partial charge in [0.15, 0.2) is 5.16 Å². The molecule has 28 heavy (non-hydrogen) atoms. The van der Waals surface area contributed by atoms with Gasteiger partial charge in [-0.15, -0.1) is 11.3 Å². The third kappa shape index (κ3) is 4.62. The molecule has 1 amide bonds. The van der Waals surface area contributed by atoms with Crippen LogP contribution < -0.4 is 5.56 Å². The average molecular weight is 422 g/mol. The van der Waals surface area contributed by atoms with Crippen LogP contribution in [0, 0.1) is 11.8 Å². The summed E-state index contributed by atoms with van der Waals surface area (Å²) in [5.41, 5.74) is 1.24. The number of aromatic nitrogens is 2. The maximum absolute atomic E-state index is 13.0. The van der Waals surface area contributed by atoms with E-state index in [0.717, 1.165) is 42.6 Å². The van der Waals surface area contributed by atoms with Crippen LogP contribution in [-0.2, 0) is 24.7 Å². The lowest BCUT2D eigenvalue weighted by molar-refractivity contribution is -0.129. The highest BCUT2D eigenvalue weighted by Gasteiger charge is 2.22. The van der Waals surface area contributed by atoms with Gasteiger partial charge in [-0.2, -0.15) is 0 Å². The maximum Gasteiger partial charge on any atom is 0.262 e. The van der Waals surface area contributed by atoms with Crippen LogP contribution in [0.3, 0.4) is 0 Å². The highest BCUT2D eigenvalue weighted by atomic mass is 32.2. The smallest absolute Gasteiger partial charge is 0.262 e. The molecule has 0 atom stereocenters. The molecule has 0 fully saturated rings. The molecule has 2 aromatic rings. The first-order valence-electron chi connectivity index (χ1n) is 10.2. The van der Waals surface area contributed by atoms with Crippen LogP contribution in [0.2, 0.25) is 0 Å². The molecule has 0 saturated heterocycles. The number of thiophene rings is 1. The van der Waals surface area contributed by atoms with Gasteiger partial charge in [-0.25, -0.2) is 4.98 Å². The van der Waals surface area contributed by atoms with Crippen molar-refractivity contribution >= 4 is 39.2 Å². The van der Waals surface area contributed by atoms with Gasteiger partial charge in [0.25, 0.3) is 5.56 Å². The molecule has 0 spiro atoms. The molecule has 5 nitrogen and oxygen atoms in total. The number of aryl methyl sites for hydroxylation is 2. The zero-order valence-electron chi connectivity index (χ0n) is 17.6. The second-order valence-electron chi connectivity index (χ2n) is 8.52. The van der Waals surface area contributed by atoms with Crippen LogP contribution in [0.1, 0.15) is 51.0 Å². The fraction of sp³-hybridized carbons (Fsp3) is 0.667. The Balaban J connectivity index is 1.81. The Bertz CT molecular complexity index is 904. The highest BCUT2D eigenvalue weighted by Crippen LogP contribution is 2.34. The molecule has 3 rings (SSSR count). The van der Waals surface area contributed by atoms with Gasteiger partial charge < -0.3 is 4.90 Å². The van der Waals surface area contributed by atoms with E-state index in [-0.39, 0.29) is 11.5 Å². The Kier molecular flexibility index (Phi) is 6.86. The number of hydrogen-bond acceptors (Lipinski definition) is 5. The summed E-state index contributed by atoms with van der Waals surface area (Å²) in [4.78, 5) is 34.6. The molecule has 7 heteroatoms. The summed E-state index contributed by atoms with van der Waals surface area (Å²) in [5.74, 6) is 1.30. The van der Waals surface area contributed by atoms with Crippen molar-refractivity contribution in [3.05, 3.63) is 20.8 Å². The second-order valence-corrected chi connectivity index (χ2v) is 10.6. The van der Waals surface area contributed by atoms with Crippen molar-refractivity contribution in [2.24, 2.45) is 18.9 Å². The van der Waals surface area contributed by atoms with Gasteiger partial charge in [0, 0.05) is 25.0 Å². The van der Waals surface area contributed by atoms with Gasteiger partial charge in [-0.3, -0.25) is 14.2 Å². The van der Waals surface area contributed by atoms with Gasteiger partial charge in [0.1, 0.15) is 4.83 Å². The Labute approximate surface area is 175 Å². The van der Waals surface area contributed by atoms with Gasteiger partial charge in [-0.05, 0) is 43.1 Å². The zero-order valence-corrected chi connectivity index (χ0v) is 19.2. The molecule has 2 heterocycles. The van der Waals surface area contributed by atoms with Crippen molar-refractivity contribution in [1.82, 2.24) is 14.5 Å². The summed E-state index contributed by atoms with van der Waals surface area (Å²) < 4.78 is 1.62. The lowest BCUT2D eigenvalue weighted by Gasteiger charge is -2.26. The Morgan fingerprint density at radius 1 is 1.18 bits per heavy atom. The number of thioether (sulfide) groups is 1. The standard InChI is InChI=1S/C21H31N3O2S2/c1-13(2)10-24(11-14(3)4)17(25)12-27-21-22-19-18(20(26)23(21)5)15-8-6-7-9-16(15)28-19/h13-14H,6-12H2,1-5H3. The van der Waals surface area contributed by atoms with Gasteiger partial charge in [0.05, 0.1) is 11.1 Å². The average Bonchev–Trinajstić information content (AvgIpc) is 3.00. The fourth-order valence-electron chi connectivity index (χ4n) is 3.77. The Morgan fingerprint density at radius 2 is 1.82 bits per heavy atom. The quantitative estimate of drug-likeness (QED) is 0.499. The molecule has 0 unspecified atom stereocenters. The maximum atomic E-state index is 13.0. The van der Waals surface area contributed by atoms with E-state index in [0.29, 0.717) is 22.7 Å². The number of nitrogens with zero attached hydrogens (tertiary/aromatic N) is 3. The minimum Gasteiger partial charge on any atom is -0.341 e. The molecule has 0 saturated carbocycles. The molecule has 154 valence electrons. The zero-order chi connectivity index (χ0) is 20.4. The van der Waals surface area contributed by atoms with Crippen molar-refractivity contribution in [1.29, 1.82) is 0 Å². The van der Waals surface area contributed by atoms with Crippen LogP contribution in [0.5, 0.6) is 0 Å². The first kappa shape index (κ1) is 21.4. The van der Waals surface area contributed by atoms with Crippen LogP contribution in [0.4, 0.5) is 0 Å². The third-order valence-corrected chi connectivity index (χ3v) is 7.20. The highest BCUT2D eigenvalue weighted by molar-refractivity contribution is 7.99. The first-order valence-corrected chi connectivity index (χ1v) is 12.0. The predicted molar refractivity (Wildman–Crippen MR) is 118 cm³/mol. The number of hydrogen-bond donors (Lipinski definition) is 0. The molecule has 0 radical (unpaired) electrons. The predicted octanol–water partition coefficient (Wildman–Crippen LogP) is 4.11. The summed E-state index contributed by atoms with van der Waals surface area (Å²) in [6.45, 7) is 10.1. The lowest BCUT2D eigenvalue weighted by atomic mass is 9.97. The number of amides is 1. The molecule has 0 bridgehead atoms. The minimum absolute atomic E-state index is 0.0283. The molecular weight excluding hydrogens is 390 g/mol. The first-order chi connectivity index (χ1) is 13.3. The Morgan fingerprint density at radius 3 is 2.46 bits per heavy atom.